The van der Waals surface area contributed by atoms with Crippen LogP contribution < -0.4 is 10.1 Å². The van der Waals surface area contributed by atoms with Crippen LogP contribution in [0.1, 0.15) is 21.5 Å². The van der Waals surface area contributed by atoms with Gasteiger partial charge in [0.25, 0.3) is 5.91 Å². The van der Waals surface area contributed by atoms with E-state index >= 15 is 0 Å². The van der Waals surface area contributed by atoms with Crippen molar-refractivity contribution in [2.45, 2.75) is 19.6 Å². The number of rotatable bonds is 5. The number of hydrogen-bond donors (Lipinski definition) is 1. The van der Waals surface area contributed by atoms with Crippen LogP contribution >= 0.6 is 0 Å². The summed E-state index contributed by atoms with van der Waals surface area (Å²) in [6.45, 7) is 0.697. The van der Waals surface area contributed by atoms with Gasteiger partial charge in [-0.2, -0.15) is 13.2 Å². The van der Waals surface area contributed by atoms with Gasteiger partial charge in [0.15, 0.2) is 6.61 Å². The highest BCUT2D eigenvalue weighted by atomic mass is 19.4. The van der Waals surface area contributed by atoms with Crippen molar-refractivity contribution < 1.29 is 22.7 Å². The number of carbonyl (C=O) groups is 1. The van der Waals surface area contributed by atoms with Crippen LogP contribution in [0.25, 0.3) is 0 Å². The molecule has 2 aromatic rings. The van der Waals surface area contributed by atoms with E-state index in [1.807, 2.05) is 19.1 Å². The molecule has 3 nitrogen and oxygen atoms in total. The molecule has 1 N–H and O–H groups in total. The Balaban J connectivity index is 1.96. The van der Waals surface area contributed by atoms with E-state index in [-0.39, 0.29) is 18.2 Å². The zero-order valence-corrected chi connectivity index (χ0v) is 12.5. The van der Waals surface area contributed by atoms with Gasteiger partial charge in [0, 0.05) is 12.1 Å². The predicted molar refractivity (Wildman–Crippen MR) is 80.3 cm³/mol. The molecule has 0 unspecified atom stereocenters. The summed E-state index contributed by atoms with van der Waals surface area (Å²) >= 11 is 0. The smallest absolute Gasteiger partial charge is 0.422 e. The molecule has 23 heavy (non-hydrogen) atoms. The number of halogens is 3. The Hall–Kier alpha value is -2.50. The molecule has 0 saturated heterocycles. The van der Waals surface area contributed by atoms with Crippen LogP contribution in [0.15, 0.2) is 48.5 Å². The molecular weight excluding hydrogens is 307 g/mol. The van der Waals surface area contributed by atoms with Gasteiger partial charge in [-0.1, -0.05) is 30.3 Å². The molecule has 0 aliphatic carbocycles. The minimum absolute atomic E-state index is 0.116. The first kappa shape index (κ1) is 16.9. The number of ether oxygens (including phenoxy) is 1. The van der Waals surface area contributed by atoms with E-state index in [0.717, 1.165) is 5.56 Å². The number of benzene rings is 2. The fourth-order valence-electron chi connectivity index (χ4n) is 2.02. The molecule has 0 saturated carbocycles. The van der Waals surface area contributed by atoms with Gasteiger partial charge in [0.2, 0.25) is 0 Å². The third kappa shape index (κ3) is 5.32. The van der Waals surface area contributed by atoms with Gasteiger partial charge in [0.05, 0.1) is 0 Å². The Morgan fingerprint density at radius 3 is 2.57 bits per heavy atom. The number of aryl methyl sites for hydroxylation is 1. The van der Waals surface area contributed by atoms with E-state index in [1.165, 1.54) is 12.1 Å². The van der Waals surface area contributed by atoms with Crippen molar-refractivity contribution in [1.29, 1.82) is 0 Å². The Bertz CT molecular complexity index is 684. The number of carbonyl (C=O) groups excluding carboxylic acids is 1. The molecule has 2 rings (SSSR count). The van der Waals surface area contributed by atoms with E-state index in [1.54, 1.807) is 24.3 Å². The second kappa shape index (κ2) is 7.17. The van der Waals surface area contributed by atoms with Crippen LogP contribution in [-0.2, 0) is 6.54 Å². The van der Waals surface area contributed by atoms with Gasteiger partial charge in [0.1, 0.15) is 5.75 Å². The molecule has 0 aliphatic heterocycles. The van der Waals surface area contributed by atoms with E-state index in [4.69, 9.17) is 0 Å². The Kier molecular flexibility index (Phi) is 5.26. The van der Waals surface area contributed by atoms with Crippen molar-refractivity contribution in [2.24, 2.45) is 0 Å². The average Bonchev–Trinajstić information content (AvgIpc) is 2.51. The number of nitrogens with one attached hydrogen (secondary N) is 1. The average molecular weight is 323 g/mol. The molecule has 0 aromatic heterocycles. The van der Waals surface area contributed by atoms with Crippen molar-refractivity contribution in [3.05, 3.63) is 65.2 Å². The molecule has 0 bridgehead atoms. The minimum Gasteiger partial charge on any atom is -0.484 e. The summed E-state index contributed by atoms with van der Waals surface area (Å²) in [4.78, 5) is 12.1. The summed E-state index contributed by atoms with van der Waals surface area (Å²) in [7, 11) is 0. The normalized spacial score (nSPS) is 11.1. The van der Waals surface area contributed by atoms with Crippen LogP contribution in [0, 0.1) is 6.92 Å². The summed E-state index contributed by atoms with van der Waals surface area (Å²) < 4.78 is 41.1. The number of alkyl halides is 3. The van der Waals surface area contributed by atoms with E-state index < -0.39 is 12.8 Å². The highest BCUT2D eigenvalue weighted by molar-refractivity contribution is 5.95. The third-order valence-electron chi connectivity index (χ3n) is 3.14. The topological polar surface area (TPSA) is 38.3 Å². The van der Waals surface area contributed by atoms with Crippen molar-refractivity contribution in [1.82, 2.24) is 5.32 Å². The fourth-order valence-corrected chi connectivity index (χ4v) is 2.02. The molecule has 122 valence electrons. The lowest BCUT2D eigenvalue weighted by molar-refractivity contribution is -0.153. The molecule has 0 fully saturated rings. The zero-order valence-electron chi connectivity index (χ0n) is 12.5. The Morgan fingerprint density at radius 2 is 1.87 bits per heavy atom. The zero-order chi connectivity index (χ0) is 16.9. The maximum atomic E-state index is 12.1. The first-order valence-electron chi connectivity index (χ1n) is 6.97. The molecule has 1 amide bonds. The maximum Gasteiger partial charge on any atom is 0.422 e. The van der Waals surface area contributed by atoms with Gasteiger partial charge < -0.3 is 10.1 Å². The summed E-state index contributed by atoms with van der Waals surface area (Å²) in [5.41, 5.74) is 2.08. The SMILES string of the molecule is Cc1ccccc1C(=O)NCc1cccc(OCC(F)(F)F)c1. The molecule has 0 heterocycles. The van der Waals surface area contributed by atoms with Gasteiger partial charge in [-0.05, 0) is 36.2 Å². The molecule has 6 heteroatoms. The van der Waals surface area contributed by atoms with Crippen molar-refractivity contribution in [2.75, 3.05) is 6.61 Å². The van der Waals surface area contributed by atoms with E-state index in [2.05, 4.69) is 10.1 Å². The fraction of sp³-hybridized carbons (Fsp3) is 0.235. The first-order valence-corrected chi connectivity index (χ1v) is 6.97. The quantitative estimate of drug-likeness (QED) is 0.907. The molecule has 0 spiro atoms. The summed E-state index contributed by atoms with van der Waals surface area (Å²) in [5.74, 6) is -0.116. The summed E-state index contributed by atoms with van der Waals surface area (Å²) in [6.07, 6.45) is -4.38. The third-order valence-corrected chi connectivity index (χ3v) is 3.14. The first-order chi connectivity index (χ1) is 10.8. The largest absolute Gasteiger partial charge is 0.484 e. The van der Waals surface area contributed by atoms with Gasteiger partial charge >= 0.3 is 6.18 Å². The second-order valence-corrected chi connectivity index (χ2v) is 5.05. The number of amides is 1. The van der Waals surface area contributed by atoms with Crippen molar-refractivity contribution >= 4 is 5.91 Å². The number of hydrogen-bond acceptors (Lipinski definition) is 2. The molecule has 0 radical (unpaired) electrons. The van der Waals surface area contributed by atoms with Crippen molar-refractivity contribution in [3.63, 3.8) is 0 Å². The van der Waals surface area contributed by atoms with Crippen LogP contribution in [0.3, 0.4) is 0 Å². The molecule has 2 aromatic carbocycles. The highest BCUT2D eigenvalue weighted by Gasteiger charge is 2.28. The van der Waals surface area contributed by atoms with Gasteiger partial charge in [-0.3, -0.25) is 4.79 Å². The lowest BCUT2D eigenvalue weighted by Gasteiger charge is -2.11. The standard InChI is InChI=1S/C17H16F3NO2/c1-12-5-2-3-8-15(12)16(22)21-10-13-6-4-7-14(9-13)23-11-17(18,19)20/h2-9H,10-11H2,1H3,(H,21,22). The van der Waals surface area contributed by atoms with Crippen LogP contribution in [0.2, 0.25) is 0 Å². The Labute approximate surface area is 132 Å². The maximum absolute atomic E-state index is 12.1. The monoisotopic (exact) mass is 323 g/mol. The molecule has 0 atom stereocenters. The second-order valence-electron chi connectivity index (χ2n) is 5.05. The highest BCUT2D eigenvalue weighted by Crippen LogP contribution is 2.19. The predicted octanol–water partition coefficient (Wildman–Crippen LogP) is 3.87. The van der Waals surface area contributed by atoms with E-state index in [9.17, 15) is 18.0 Å². The minimum atomic E-state index is -4.38. The van der Waals surface area contributed by atoms with Crippen LogP contribution in [0.4, 0.5) is 13.2 Å². The van der Waals surface area contributed by atoms with Crippen LogP contribution in [0.5, 0.6) is 5.75 Å². The Morgan fingerprint density at radius 1 is 1.13 bits per heavy atom. The lowest BCUT2D eigenvalue weighted by Crippen LogP contribution is -2.23. The summed E-state index contributed by atoms with van der Waals surface area (Å²) in [5, 5.41) is 2.74. The van der Waals surface area contributed by atoms with Gasteiger partial charge in [-0.25, -0.2) is 0 Å². The van der Waals surface area contributed by atoms with Crippen molar-refractivity contribution in [3.8, 4) is 5.75 Å². The lowest BCUT2D eigenvalue weighted by atomic mass is 10.1. The molecule has 0 aliphatic rings. The van der Waals surface area contributed by atoms with Crippen LogP contribution in [-0.4, -0.2) is 18.7 Å². The molecular formula is C17H16F3NO2. The van der Waals surface area contributed by atoms with Gasteiger partial charge in [-0.15, -0.1) is 0 Å². The summed E-state index contributed by atoms with van der Waals surface area (Å²) in [6, 6.07) is 13.4. The van der Waals surface area contributed by atoms with E-state index in [0.29, 0.717) is 11.1 Å².